The zero-order chi connectivity index (χ0) is 15.9. The van der Waals surface area contributed by atoms with Crippen LogP contribution in [0.15, 0.2) is 53.9 Å². The van der Waals surface area contributed by atoms with Gasteiger partial charge in [-0.1, -0.05) is 26.0 Å². The summed E-state index contributed by atoms with van der Waals surface area (Å²) in [4.78, 5) is 11.5. The Balaban J connectivity index is 2.08. The monoisotopic (exact) mass is 299 g/mol. The Bertz CT molecular complexity index is 613. The van der Waals surface area contributed by atoms with Crippen LogP contribution in [0, 0.1) is 5.92 Å². The fraction of sp³-hybridized carbons (Fsp3) is 0.235. The highest BCUT2D eigenvalue weighted by atomic mass is 16.5. The van der Waals surface area contributed by atoms with E-state index in [4.69, 9.17) is 10.6 Å². The van der Waals surface area contributed by atoms with Gasteiger partial charge in [-0.2, -0.15) is 0 Å². The van der Waals surface area contributed by atoms with Crippen LogP contribution >= 0.6 is 0 Å². The third-order valence-corrected chi connectivity index (χ3v) is 3.00. The van der Waals surface area contributed by atoms with E-state index in [0.717, 1.165) is 17.0 Å². The van der Waals surface area contributed by atoms with Gasteiger partial charge in [0, 0.05) is 17.5 Å². The molecule has 0 aromatic heterocycles. The molecule has 0 saturated carbocycles. The number of carbonyl (C=O) groups is 1. The normalized spacial score (nSPS) is 15.5. The van der Waals surface area contributed by atoms with E-state index in [1.807, 2.05) is 30.3 Å². The van der Waals surface area contributed by atoms with E-state index in [1.54, 1.807) is 18.4 Å². The maximum Gasteiger partial charge on any atom is 0.265 e. The third-order valence-electron chi connectivity index (χ3n) is 3.00. The molecule has 22 heavy (non-hydrogen) atoms. The van der Waals surface area contributed by atoms with Gasteiger partial charge in [0.05, 0.1) is 6.61 Å². The molecule has 5 heteroatoms. The molecule has 5 nitrogen and oxygen atoms in total. The third kappa shape index (κ3) is 4.49. The van der Waals surface area contributed by atoms with Crippen LogP contribution in [0.1, 0.15) is 19.4 Å². The highest BCUT2D eigenvalue weighted by Gasteiger charge is 2.08. The van der Waals surface area contributed by atoms with Crippen LogP contribution in [0.4, 0.5) is 0 Å². The number of amides is 1. The van der Waals surface area contributed by atoms with Crippen LogP contribution in [-0.4, -0.2) is 12.5 Å². The maximum absolute atomic E-state index is 11.5. The van der Waals surface area contributed by atoms with Gasteiger partial charge in [0.25, 0.3) is 5.91 Å². The van der Waals surface area contributed by atoms with Crippen molar-refractivity contribution < 1.29 is 9.53 Å². The highest BCUT2D eigenvalue weighted by Crippen LogP contribution is 2.17. The summed E-state index contributed by atoms with van der Waals surface area (Å²) < 4.78 is 5.65. The molecular weight excluding hydrogens is 278 g/mol. The number of nitrogens with two attached hydrogens (primary N) is 1. The van der Waals surface area contributed by atoms with Crippen molar-refractivity contribution in [2.45, 2.75) is 13.8 Å². The molecular formula is C17H21N3O2. The SMILES string of the molecule is CC(C)COc1ccc(/C=C2\C=C(C(=O)NN)C=CN2)cc1. The van der Waals surface area contributed by atoms with E-state index in [1.165, 1.54) is 0 Å². The Morgan fingerprint density at radius 1 is 1.36 bits per heavy atom. The molecule has 0 fully saturated rings. The van der Waals surface area contributed by atoms with Crippen LogP contribution in [0.2, 0.25) is 0 Å². The Hall–Kier alpha value is -2.53. The van der Waals surface area contributed by atoms with Gasteiger partial charge >= 0.3 is 0 Å². The van der Waals surface area contributed by atoms with Crippen LogP contribution in [0.3, 0.4) is 0 Å². The molecule has 1 amide bonds. The summed E-state index contributed by atoms with van der Waals surface area (Å²) in [6.07, 6.45) is 7.06. The van der Waals surface area contributed by atoms with Gasteiger partial charge in [0.15, 0.2) is 0 Å². The van der Waals surface area contributed by atoms with Gasteiger partial charge in [0.1, 0.15) is 5.75 Å². The average Bonchev–Trinajstić information content (AvgIpc) is 2.53. The van der Waals surface area contributed by atoms with Crippen molar-refractivity contribution in [1.29, 1.82) is 0 Å². The van der Waals surface area contributed by atoms with Crippen molar-refractivity contribution in [3.63, 3.8) is 0 Å². The van der Waals surface area contributed by atoms with E-state index < -0.39 is 0 Å². The summed E-state index contributed by atoms with van der Waals surface area (Å²) in [5.41, 5.74) is 4.45. The molecule has 2 rings (SSSR count). The summed E-state index contributed by atoms with van der Waals surface area (Å²) >= 11 is 0. The first-order chi connectivity index (χ1) is 10.6. The lowest BCUT2D eigenvalue weighted by Gasteiger charge is -2.11. The molecule has 0 unspecified atom stereocenters. The molecule has 0 atom stereocenters. The first-order valence-electron chi connectivity index (χ1n) is 7.19. The number of hydrogen-bond donors (Lipinski definition) is 3. The zero-order valence-corrected chi connectivity index (χ0v) is 12.8. The van der Waals surface area contributed by atoms with Crippen molar-refractivity contribution in [1.82, 2.24) is 10.7 Å². The Morgan fingerprint density at radius 2 is 2.09 bits per heavy atom. The minimum Gasteiger partial charge on any atom is -0.493 e. The fourth-order valence-electron chi connectivity index (χ4n) is 1.90. The van der Waals surface area contributed by atoms with E-state index in [0.29, 0.717) is 18.1 Å². The van der Waals surface area contributed by atoms with Crippen molar-refractivity contribution >= 4 is 12.0 Å². The summed E-state index contributed by atoms with van der Waals surface area (Å²) in [5.74, 6) is 6.17. The molecule has 0 aliphatic carbocycles. The molecule has 0 spiro atoms. The van der Waals surface area contributed by atoms with Gasteiger partial charge in [-0.3, -0.25) is 10.2 Å². The number of hydrogen-bond acceptors (Lipinski definition) is 4. The number of allylic oxidation sites excluding steroid dienone is 1. The van der Waals surface area contributed by atoms with Crippen LogP contribution in [-0.2, 0) is 4.79 Å². The minimum absolute atomic E-state index is 0.318. The number of rotatable bonds is 5. The number of carbonyl (C=O) groups excluding carboxylic acids is 1. The van der Waals surface area contributed by atoms with Crippen LogP contribution in [0.25, 0.3) is 6.08 Å². The number of nitrogens with one attached hydrogen (secondary N) is 2. The summed E-state index contributed by atoms with van der Waals surface area (Å²) in [7, 11) is 0. The zero-order valence-electron chi connectivity index (χ0n) is 12.8. The predicted octanol–water partition coefficient (Wildman–Crippen LogP) is 2.10. The van der Waals surface area contributed by atoms with E-state index in [9.17, 15) is 4.79 Å². The lowest BCUT2D eigenvalue weighted by Crippen LogP contribution is -2.31. The maximum atomic E-state index is 11.5. The lowest BCUT2D eigenvalue weighted by molar-refractivity contribution is -0.117. The van der Waals surface area contributed by atoms with Crippen molar-refractivity contribution in [2.75, 3.05) is 6.61 Å². The molecule has 0 radical (unpaired) electrons. The second kappa shape index (κ2) is 7.47. The van der Waals surface area contributed by atoms with Crippen molar-refractivity contribution in [3.8, 4) is 5.75 Å². The fourth-order valence-corrected chi connectivity index (χ4v) is 1.90. The molecule has 4 N–H and O–H groups in total. The molecule has 0 saturated heterocycles. The van der Waals surface area contributed by atoms with E-state index in [-0.39, 0.29) is 5.91 Å². The standard InChI is InChI=1S/C17H21N3O2/c1-12(2)11-22-16-5-3-13(4-6-16)9-15-10-14(7-8-19-15)17(21)20-18/h3-10,12,19H,11,18H2,1-2H3,(H,20,21)/b15-9+. The minimum atomic E-state index is -0.318. The molecule has 1 aliphatic rings. The summed E-state index contributed by atoms with van der Waals surface area (Å²) in [6, 6.07) is 7.81. The summed E-state index contributed by atoms with van der Waals surface area (Å²) in [5, 5.41) is 3.08. The molecule has 0 bridgehead atoms. The van der Waals surface area contributed by atoms with Gasteiger partial charge in [0.2, 0.25) is 0 Å². The molecule has 1 aromatic rings. The second-order valence-corrected chi connectivity index (χ2v) is 5.42. The van der Waals surface area contributed by atoms with Crippen LogP contribution in [0.5, 0.6) is 5.75 Å². The first kappa shape index (κ1) is 15.9. The van der Waals surface area contributed by atoms with Crippen molar-refractivity contribution in [2.24, 2.45) is 11.8 Å². The highest BCUT2D eigenvalue weighted by molar-refractivity contribution is 5.96. The van der Waals surface area contributed by atoms with Gasteiger partial charge in [-0.25, -0.2) is 5.84 Å². The number of benzene rings is 1. The number of dihydropyridines is 1. The first-order valence-corrected chi connectivity index (χ1v) is 7.19. The quantitative estimate of drug-likeness (QED) is 0.442. The smallest absolute Gasteiger partial charge is 0.265 e. The largest absolute Gasteiger partial charge is 0.493 e. The van der Waals surface area contributed by atoms with Gasteiger partial charge in [-0.15, -0.1) is 0 Å². The predicted molar refractivity (Wildman–Crippen MR) is 87.4 cm³/mol. The second-order valence-electron chi connectivity index (χ2n) is 5.42. The number of ether oxygens (including phenoxy) is 1. The Morgan fingerprint density at radius 3 is 2.73 bits per heavy atom. The van der Waals surface area contributed by atoms with Crippen molar-refractivity contribution in [3.05, 3.63) is 59.5 Å². The average molecular weight is 299 g/mol. The molecule has 1 heterocycles. The van der Waals surface area contributed by atoms with E-state index in [2.05, 4.69) is 24.6 Å². The van der Waals surface area contributed by atoms with Gasteiger partial charge < -0.3 is 10.1 Å². The number of hydrazine groups is 1. The van der Waals surface area contributed by atoms with Crippen LogP contribution < -0.4 is 21.3 Å². The molecule has 116 valence electrons. The van der Waals surface area contributed by atoms with Gasteiger partial charge in [-0.05, 0) is 41.8 Å². The topological polar surface area (TPSA) is 76.4 Å². The Kier molecular flexibility index (Phi) is 5.38. The Labute approximate surface area is 130 Å². The summed E-state index contributed by atoms with van der Waals surface area (Å²) in [6.45, 7) is 4.93. The lowest BCUT2D eigenvalue weighted by atomic mass is 10.1. The molecule has 1 aliphatic heterocycles. The molecule has 1 aromatic carbocycles. The van der Waals surface area contributed by atoms with E-state index >= 15 is 0 Å².